The first-order valence-corrected chi connectivity index (χ1v) is 8.82. The largest absolute Gasteiger partial charge is 0.477 e. The van der Waals surface area contributed by atoms with E-state index in [9.17, 15) is 14.4 Å². The third-order valence-electron chi connectivity index (χ3n) is 3.86. The van der Waals surface area contributed by atoms with Crippen molar-refractivity contribution >= 4 is 29.6 Å². The average Bonchev–Trinajstić information content (AvgIpc) is 3.13. The number of carbonyl (C=O) groups is 3. The molecule has 0 aromatic carbocycles. The van der Waals surface area contributed by atoms with Gasteiger partial charge in [0.2, 0.25) is 5.91 Å². The molecule has 0 saturated heterocycles. The molecule has 1 fully saturated rings. The Morgan fingerprint density at radius 1 is 1.35 bits per heavy atom. The summed E-state index contributed by atoms with van der Waals surface area (Å²) in [6.07, 6.45) is 4.60. The molecular formula is C16H25NO5S. The van der Waals surface area contributed by atoms with Crippen LogP contribution in [0.5, 0.6) is 0 Å². The van der Waals surface area contributed by atoms with E-state index >= 15 is 0 Å². The Kier molecular flexibility index (Phi) is 7.61. The first kappa shape index (κ1) is 19.5. The fourth-order valence-corrected chi connectivity index (χ4v) is 2.97. The molecule has 1 amide bonds. The van der Waals surface area contributed by atoms with Gasteiger partial charge in [-0.25, -0.2) is 4.79 Å². The molecule has 0 aliphatic heterocycles. The van der Waals surface area contributed by atoms with E-state index in [0.29, 0.717) is 12.2 Å². The predicted molar refractivity (Wildman–Crippen MR) is 88.9 cm³/mol. The molecule has 1 rings (SSSR count). The second-order valence-corrected chi connectivity index (χ2v) is 7.39. The lowest BCUT2D eigenvalue weighted by Crippen LogP contribution is -2.29. The number of unbranched alkanes of at least 4 members (excludes halogenated alkanes) is 2. The minimum absolute atomic E-state index is 0.0233. The van der Waals surface area contributed by atoms with Crippen molar-refractivity contribution in [3.8, 4) is 0 Å². The van der Waals surface area contributed by atoms with Gasteiger partial charge in [0.15, 0.2) is 0 Å². The number of hydrogen-bond acceptors (Lipinski definition) is 5. The van der Waals surface area contributed by atoms with E-state index in [1.807, 2.05) is 13.8 Å². The van der Waals surface area contributed by atoms with E-state index in [2.05, 4.69) is 10.1 Å². The van der Waals surface area contributed by atoms with Gasteiger partial charge in [0.25, 0.3) is 0 Å². The fraction of sp³-hybridized carbons (Fsp3) is 0.688. The second-order valence-electron chi connectivity index (χ2n) is 6.28. The number of nitrogens with one attached hydrogen (secondary N) is 1. The van der Waals surface area contributed by atoms with Crippen molar-refractivity contribution in [1.82, 2.24) is 5.32 Å². The summed E-state index contributed by atoms with van der Waals surface area (Å²) in [5, 5.41) is 11.7. The summed E-state index contributed by atoms with van der Waals surface area (Å²) < 4.78 is 4.54. The molecule has 0 spiro atoms. The van der Waals surface area contributed by atoms with Crippen LogP contribution in [0.25, 0.3) is 0 Å². The molecule has 23 heavy (non-hydrogen) atoms. The second kappa shape index (κ2) is 8.96. The normalized spacial score (nSPS) is 19.1. The molecule has 1 atom stereocenters. The van der Waals surface area contributed by atoms with Crippen LogP contribution in [0.15, 0.2) is 11.8 Å². The molecule has 0 aromatic heterocycles. The first-order chi connectivity index (χ1) is 10.8. The maximum atomic E-state index is 11.9. The standard InChI is InChI=1S/C16H25NO5S/c1-16(2)9-11(16)14(19)17-12(15(20)21)7-5-4-6-8-23-10-13(18)22-3/h7,11H,4-6,8-10H2,1-3H3,(H,17,19)(H,20,21)/b12-7-. The molecule has 0 heterocycles. The number of rotatable bonds is 10. The highest BCUT2D eigenvalue weighted by atomic mass is 32.2. The number of ether oxygens (including phenoxy) is 1. The summed E-state index contributed by atoms with van der Waals surface area (Å²) in [5.41, 5.74) is -0.0650. The summed E-state index contributed by atoms with van der Waals surface area (Å²) in [5.74, 6) is -0.517. The van der Waals surface area contributed by atoms with E-state index in [4.69, 9.17) is 5.11 Å². The molecule has 1 aliphatic rings. The zero-order chi connectivity index (χ0) is 17.5. The van der Waals surface area contributed by atoms with Crippen LogP contribution in [0.2, 0.25) is 0 Å². The molecule has 0 bridgehead atoms. The Morgan fingerprint density at radius 2 is 2.00 bits per heavy atom. The average molecular weight is 343 g/mol. The number of carbonyl (C=O) groups excluding carboxylic acids is 2. The van der Waals surface area contributed by atoms with Gasteiger partial charge in [-0.3, -0.25) is 9.59 Å². The van der Waals surface area contributed by atoms with Crippen LogP contribution in [0.4, 0.5) is 0 Å². The monoisotopic (exact) mass is 343 g/mol. The fourth-order valence-electron chi connectivity index (χ4n) is 2.14. The van der Waals surface area contributed by atoms with Crippen LogP contribution >= 0.6 is 11.8 Å². The van der Waals surface area contributed by atoms with Gasteiger partial charge in [0.1, 0.15) is 5.70 Å². The topological polar surface area (TPSA) is 92.7 Å². The van der Waals surface area contributed by atoms with Gasteiger partial charge >= 0.3 is 11.9 Å². The zero-order valence-electron chi connectivity index (χ0n) is 13.9. The van der Waals surface area contributed by atoms with Gasteiger partial charge < -0.3 is 15.2 Å². The van der Waals surface area contributed by atoms with E-state index in [0.717, 1.165) is 25.0 Å². The molecule has 1 saturated carbocycles. The van der Waals surface area contributed by atoms with E-state index in [1.165, 1.54) is 18.9 Å². The van der Waals surface area contributed by atoms with E-state index in [-0.39, 0.29) is 28.9 Å². The van der Waals surface area contributed by atoms with Crippen LogP contribution in [-0.4, -0.2) is 41.6 Å². The number of amides is 1. The molecular weight excluding hydrogens is 318 g/mol. The van der Waals surface area contributed by atoms with Crippen LogP contribution in [0, 0.1) is 11.3 Å². The lowest BCUT2D eigenvalue weighted by molar-refractivity contribution is -0.137. The van der Waals surface area contributed by atoms with Crippen LogP contribution in [0.3, 0.4) is 0 Å². The Morgan fingerprint density at radius 3 is 2.52 bits per heavy atom. The molecule has 7 heteroatoms. The maximum Gasteiger partial charge on any atom is 0.352 e. The number of methoxy groups -OCH3 is 1. The summed E-state index contributed by atoms with van der Waals surface area (Å²) in [6, 6.07) is 0. The minimum Gasteiger partial charge on any atom is -0.477 e. The molecule has 6 nitrogen and oxygen atoms in total. The number of aliphatic carboxylic acids is 1. The number of allylic oxidation sites excluding steroid dienone is 1. The van der Waals surface area contributed by atoms with Crippen molar-refractivity contribution in [3.63, 3.8) is 0 Å². The molecule has 130 valence electrons. The maximum absolute atomic E-state index is 11.9. The summed E-state index contributed by atoms with van der Waals surface area (Å²) in [6.45, 7) is 3.99. The summed E-state index contributed by atoms with van der Waals surface area (Å²) >= 11 is 1.49. The summed E-state index contributed by atoms with van der Waals surface area (Å²) in [4.78, 5) is 34.0. The van der Waals surface area contributed by atoms with Gasteiger partial charge in [0, 0.05) is 5.92 Å². The highest BCUT2D eigenvalue weighted by molar-refractivity contribution is 7.99. The molecule has 1 aliphatic carbocycles. The minimum atomic E-state index is -1.11. The number of hydrogen-bond donors (Lipinski definition) is 2. The SMILES string of the molecule is COC(=O)CSCCCC/C=C(\NC(=O)C1CC1(C)C)C(=O)O. The van der Waals surface area contributed by atoms with Gasteiger partial charge in [-0.2, -0.15) is 11.8 Å². The lowest BCUT2D eigenvalue weighted by Gasteiger charge is -2.07. The molecule has 1 unspecified atom stereocenters. The van der Waals surface area contributed by atoms with Crippen molar-refractivity contribution in [3.05, 3.63) is 11.8 Å². The quantitative estimate of drug-likeness (QED) is 0.359. The van der Waals surface area contributed by atoms with Crippen LogP contribution in [-0.2, 0) is 19.1 Å². The van der Waals surface area contributed by atoms with E-state index < -0.39 is 5.97 Å². The van der Waals surface area contributed by atoms with Gasteiger partial charge in [0.05, 0.1) is 12.9 Å². The molecule has 0 radical (unpaired) electrons. The van der Waals surface area contributed by atoms with Crippen molar-refractivity contribution in [2.75, 3.05) is 18.6 Å². The van der Waals surface area contributed by atoms with Crippen molar-refractivity contribution in [2.45, 2.75) is 39.5 Å². The van der Waals surface area contributed by atoms with Crippen molar-refractivity contribution in [1.29, 1.82) is 0 Å². The van der Waals surface area contributed by atoms with Crippen LogP contribution in [0.1, 0.15) is 39.5 Å². The van der Waals surface area contributed by atoms with Crippen molar-refractivity contribution < 1.29 is 24.2 Å². The lowest BCUT2D eigenvalue weighted by atomic mass is 10.1. The number of carboxylic acids is 1. The highest BCUT2D eigenvalue weighted by Gasteiger charge is 2.50. The third kappa shape index (κ3) is 7.07. The predicted octanol–water partition coefficient (Wildman–Crippen LogP) is 2.19. The molecule has 0 aromatic rings. The van der Waals surface area contributed by atoms with Gasteiger partial charge in [-0.15, -0.1) is 0 Å². The zero-order valence-corrected chi connectivity index (χ0v) is 14.7. The van der Waals surface area contributed by atoms with E-state index in [1.54, 1.807) is 6.08 Å². The van der Waals surface area contributed by atoms with Crippen LogP contribution < -0.4 is 5.32 Å². The third-order valence-corrected chi connectivity index (χ3v) is 4.87. The Hall–Kier alpha value is -1.50. The Bertz CT molecular complexity index is 487. The number of esters is 1. The van der Waals surface area contributed by atoms with Gasteiger partial charge in [-0.1, -0.05) is 19.9 Å². The highest BCUT2D eigenvalue weighted by Crippen LogP contribution is 2.51. The molecule has 2 N–H and O–H groups in total. The number of carboxylic acid groups (broad SMARTS) is 1. The Labute approximate surface area is 141 Å². The first-order valence-electron chi connectivity index (χ1n) is 7.67. The van der Waals surface area contributed by atoms with Crippen molar-refractivity contribution in [2.24, 2.45) is 11.3 Å². The Balaban J connectivity index is 2.26. The summed E-state index contributed by atoms with van der Waals surface area (Å²) in [7, 11) is 1.36. The number of thioether (sulfide) groups is 1. The smallest absolute Gasteiger partial charge is 0.352 e. The van der Waals surface area contributed by atoms with Gasteiger partial charge in [-0.05, 0) is 36.9 Å².